The number of carbonyl (C=O) groups is 2. The van der Waals surface area contributed by atoms with Gasteiger partial charge in [-0.15, -0.1) is 0 Å². The number of rotatable bonds is 4. The van der Waals surface area contributed by atoms with Crippen molar-refractivity contribution < 1.29 is 14.3 Å². The minimum atomic E-state index is -0.591. The van der Waals surface area contributed by atoms with Crippen LogP contribution in [0.1, 0.15) is 18.9 Å². The van der Waals surface area contributed by atoms with Gasteiger partial charge in [-0.05, 0) is 36.8 Å². The van der Waals surface area contributed by atoms with Crippen LogP contribution >= 0.6 is 35.4 Å². The second-order valence-corrected chi connectivity index (χ2v) is 5.70. The summed E-state index contributed by atoms with van der Waals surface area (Å²) in [4.78, 5) is 23.8. The summed E-state index contributed by atoms with van der Waals surface area (Å²) >= 11 is 16.8. The van der Waals surface area contributed by atoms with Crippen LogP contribution in [-0.2, 0) is 9.59 Å². The van der Waals surface area contributed by atoms with Crippen molar-refractivity contribution in [2.24, 2.45) is 0 Å². The number of ether oxygens (including phenoxy) is 1. The molecule has 2 amide bonds. The topological polar surface area (TPSA) is 67.4 Å². The van der Waals surface area contributed by atoms with Gasteiger partial charge in [0.05, 0.1) is 11.6 Å². The summed E-state index contributed by atoms with van der Waals surface area (Å²) in [6.07, 6.45) is 2.15. The fourth-order valence-corrected chi connectivity index (χ4v) is 2.55. The molecule has 8 heteroatoms. The molecule has 116 valence electrons. The quantitative estimate of drug-likeness (QED) is 0.493. The summed E-state index contributed by atoms with van der Waals surface area (Å²) in [5.41, 5.74) is 0.340. The summed E-state index contributed by atoms with van der Waals surface area (Å²) in [5.74, 6) is -0.813. The highest BCUT2D eigenvalue weighted by Crippen LogP contribution is 2.34. The van der Waals surface area contributed by atoms with Gasteiger partial charge in [0.15, 0.2) is 5.11 Å². The third-order valence-electron chi connectivity index (χ3n) is 2.73. The van der Waals surface area contributed by atoms with Crippen LogP contribution in [0.2, 0.25) is 10.0 Å². The fourth-order valence-electron chi connectivity index (χ4n) is 1.81. The van der Waals surface area contributed by atoms with E-state index in [4.69, 9.17) is 40.2 Å². The number of benzene rings is 1. The van der Waals surface area contributed by atoms with Crippen molar-refractivity contribution in [1.29, 1.82) is 0 Å². The monoisotopic (exact) mass is 358 g/mol. The van der Waals surface area contributed by atoms with Crippen molar-refractivity contribution in [1.82, 2.24) is 10.6 Å². The summed E-state index contributed by atoms with van der Waals surface area (Å²) in [6, 6.07) is 3.10. The molecule has 0 unspecified atom stereocenters. The van der Waals surface area contributed by atoms with E-state index in [1.807, 2.05) is 6.92 Å². The molecule has 0 radical (unpaired) electrons. The largest absolute Gasteiger partial charge is 0.491 e. The van der Waals surface area contributed by atoms with E-state index >= 15 is 0 Å². The molecule has 2 rings (SSSR count). The molecule has 22 heavy (non-hydrogen) atoms. The maximum atomic E-state index is 11.9. The van der Waals surface area contributed by atoms with E-state index in [0.29, 0.717) is 28.0 Å². The van der Waals surface area contributed by atoms with Gasteiger partial charge in [-0.25, -0.2) is 0 Å². The molecular weight excluding hydrogens is 347 g/mol. The Labute approximate surface area is 142 Å². The van der Waals surface area contributed by atoms with Gasteiger partial charge in [-0.1, -0.05) is 30.1 Å². The molecule has 1 fully saturated rings. The molecule has 0 aliphatic carbocycles. The van der Waals surface area contributed by atoms with Gasteiger partial charge in [0.2, 0.25) is 0 Å². The van der Waals surface area contributed by atoms with Crippen LogP contribution in [-0.4, -0.2) is 23.5 Å². The number of halogens is 2. The lowest BCUT2D eigenvalue weighted by Crippen LogP contribution is -2.51. The maximum absolute atomic E-state index is 11.9. The third kappa shape index (κ3) is 3.76. The van der Waals surface area contributed by atoms with Gasteiger partial charge in [-0.3, -0.25) is 20.2 Å². The Morgan fingerprint density at radius 2 is 1.86 bits per heavy atom. The van der Waals surface area contributed by atoms with Gasteiger partial charge < -0.3 is 4.74 Å². The predicted octanol–water partition coefficient (Wildman–Crippen LogP) is 2.70. The third-order valence-corrected chi connectivity index (χ3v) is 3.43. The van der Waals surface area contributed by atoms with E-state index < -0.39 is 11.8 Å². The first-order valence-corrected chi connectivity index (χ1v) is 7.59. The normalized spacial score (nSPS) is 14.5. The van der Waals surface area contributed by atoms with Crippen molar-refractivity contribution in [2.75, 3.05) is 6.61 Å². The number of thiocarbonyl (C=S) groups is 1. The van der Waals surface area contributed by atoms with Crippen molar-refractivity contribution in [3.63, 3.8) is 0 Å². The smallest absolute Gasteiger partial charge is 0.263 e. The number of carbonyl (C=O) groups excluding carboxylic acids is 2. The molecule has 5 nitrogen and oxygen atoms in total. The Balaban J connectivity index is 2.47. The minimum absolute atomic E-state index is 0.0290. The van der Waals surface area contributed by atoms with E-state index in [-0.39, 0.29) is 10.7 Å². The van der Waals surface area contributed by atoms with Crippen LogP contribution in [0.5, 0.6) is 5.75 Å². The first-order valence-electron chi connectivity index (χ1n) is 6.42. The Morgan fingerprint density at radius 1 is 1.23 bits per heavy atom. The molecule has 0 bridgehead atoms. The number of hydrogen-bond donors (Lipinski definition) is 2. The van der Waals surface area contributed by atoms with E-state index in [1.54, 1.807) is 6.07 Å². The Morgan fingerprint density at radius 3 is 2.45 bits per heavy atom. The minimum Gasteiger partial charge on any atom is -0.491 e. The fraction of sp³-hybridized carbons (Fsp3) is 0.214. The lowest BCUT2D eigenvalue weighted by atomic mass is 10.1. The number of amides is 2. The molecule has 1 aliphatic rings. The van der Waals surface area contributed by atoms with Crippen molar-refractivity contribution in [3.8, 4) is 5.75 Å². The maximum Gasteiger partial charge on any atom is 0.263 e. The number of hydrogen-bond acceptors (Lipinski definition) is 4. The van der Waals surface area contributed by atoms with Crippen LogP contribution < -0.4 is 15.4 Å². The van der Waals surface area contributed by atoms with E-state index in [2.05, 4.69) is 10.6 Å². The Bertz CT molecular complexity index is 667. The van der Waals surface area contributed by atoms with Crippen LogP contribution in [0.3, 0.4) is 0 Å². The number of nitrogens with one attached hydrogen (secondary N) is 2. The van der Waals surface area contributed by atoms with Crippen LogP contribution in [0.25, 0.3) is 6.08 Å². The zero-order valence-corrected chi connectivity index (χ0v) is 13.9. The molecule has 0 aromatic heterocycles. The molecule has 0 saturated carbocycles. The van der Waals surface area contributed by atoms with E-state index in [1.165, 1.54) is 12.1 Å². The molecule has 1 saturated heterocycles. The zero-order valence-electron chi connectivity index (χ0n) is 11.5. The van der Waals surface area contributed by atoms with Crippen molar-refractivity contribution in [2.45, 2.75) is 13.3 Å². The van der Waals surface area contributed by atoms with Gasteiger partial charge in [0.25, 0.3) is 11.8 Å². The average Bonchev–Trinajstić information content (AvgIpc) is 2.41. The van der Waals surface area contributed by atoms with Gasteiger partial charge >= 0.3 is 0 Å². The van der Waals surface area contributed by atoms with Crippen LogP contribution in [0.15, 0.2) is 17.7 Å². The van der Waals surface area contributed by atoms with Crippen LogP contribution in [0, 0.1) is 0 Å². The molecule has 0 spiro atoms. The Hall–Kier alpha value is -1.63. The van der Waals surface area contributed by atoms with E-state index in [9.17, 15) is 9.59 Å². The van der Waals surface area contributed by atoms with Crippen molar-refractivity contribution in [3.05, 3.63) is 33.3 Å². The summed E-state index contributed by atoms with van der Waals surface area (Å²) < 4.78 is 5.58. The summed E-state index contributed by atoms with van der Waals surface area (Å²) in [7, 11) is 0. The highest BCUT2D eigenvalue weighted by molar-refractivity contribution is 7.80. The standard InChI is InChI=1S/C14H12Cl2N2O3S/c1-2-3-21-11-7(4-8(15)6-10(11)16)5-9-12(19)17-14(22)18-13(9)20/h4-6H,2-3H2,1H3,(H2,17,18,19,20,22). The van der Waals surface area contributed by atoms with Crippen LogP contribution in [0.4, 0.5) is 0 Å². The van der Waals surface area contributed by atoms with E-state index in [0.717, 1.165) is 6.42 Å². The molecular formula is C14H12Cl2N2O3S. The Kier molecular flexibility index (Phi) is 5.39. The molecule has 2 N–H and O–H groups in total. The summed E-state index contributed by atoms with van der Waals surface area (Å²) in [5, 5.41) is 5.36. The first kappa shape index (κ1) is 16.7. The summed E-state index contributed by atoms with van der Waals surface area (Å²) in [6.45, 7) is 2.39. The first-order chi connectivity index (χ1) is 10.4. The molecule has 1 aliphatic heterocycles. The highest BCUT2D eigenvalue weighted by Gasteiger charge is 2.26. The zero-order chi connectivity index (χ0) is 16.3. The van der Waals surface area contributed by atoms with Crippen molar-refractivity contribution >= 4 is 58.4 Å². The lowest BCUT2D eigenvalue weighted by molar-refractivity contribution is -0.123. The second kappa shape index (κ2) is 7.09. The average molecular weight is 359 g/mol. The lowest BCUT2D eigenvalue weighted by Gasteiger charge is -2.17. The van der Waals surface area contributed by atoms with Gasteiger partial charge in [0, 0.05) is 10.6 Å². The SMILES string of the molecule is CCCOc1c(Cl)cc(Cl)cc1C=C1C(=O)NC(=S)NC1=O. The predicted molar refractivity (Wildman–Crippen MR) is 89.1 cm³/mol. The van der Waals surface area contributed by atoms with Gasteiger partial charge in [0.1, 0.15) is 11.3 Å². The molecule has 1 aromatic rings. The molecule has 0 atom stereocenters. The molecule has 1 aromatic carbocycles. The second-order valence-electron chi connectivity index (χ2n) is 4.45. The highest BCUT2D eigenvalue weighted by atomic mass is 35.5. The van der Waals surface area contributed by atoms with Gasteiger partial charge in [-0.2, -0.15) is 0 Å². The molecule has 1 heterocycles.